The van der Waals surface area contributed by atoms with Crippen molar-refractivity contribution < 1.29 is 4.79 Å². The number of hydrogen-bond donors (Lipinski definition) is 1. The maximum absolute atomic E-state index is 12.6. The quantitative estimate of drug-likeness (QED) is 0.605. The molecule has 0 saturated carbocycles. The summed E-state index contributed by atoms with van der Waals surface area (Å²) < 4.78 is 1.93. The zero-order chi connectivity index (χ0) is 17.8. The van der Waals surface area contributed by atoms with Crippen LogP contribution < -0.4 is 5.32 Å². The number of carbonyl (C=O) groups is 1. The number of rotatable bonds is 5. The normalized spacial score (nSPS) is 10.8. The van der Waals surface area contributed by atoms with E-state index in [0.29, 0.717) is 30.3 Å². The van der Waals surface area contributed by atoms with Crippen LogP contribution in [0.1, 0.15) is 10.4 Å². The highest BCUT2D eigenvalue weighted by Crippen LogP contribution is 2.18. The van der Waals surface area contributed by atoms with Gasteiger partial charge in [0.1, 0.15) is 0 Å². The molecule has 2 aromatic heterocycles. The molecule has 4 aromatic rings. The third-order valence-corrected chi connectivity index (χ3v) is 4.15. The third kappa shape index (κ3) is 3.17. The van der Waals surface area contributed by atoms with Crippen molar-refractivity contribution in [1.29, 1.82) is 0 Å². The topological polar surface area (TPSA) is 72.7 Å². The number of imidazole rings is 1. The van der Waals surface area contributed by atoms with Crippen LogP contribution in [0.15, 0.2) is 73.3 Å². The molecule has 128 valence electrons. The van der Waals surface area contributed by atoms with Crippen molar-refractivity contribution in [3.63, 3.8) is 0 Å². The van der Waals surface area contributed by atoms with Crippen molar-refractivity contribution in [2.24, 2.45) is 0 Å². The van der Waals surface area contributed by atoms with E-state index >= 15 is 0 Å². The lowest BCUT2D eigenvalue weighted by molar-refractivity contribution is 0.0954. The Morgan fingerprint density at radius 3 is 2.62 bits per heavy atom. The van der Waals surface area contributed by atoms with Crippen molar-refractivity contribution in [2.75, 3.05) is 6.54 Å². The molecule has 0 fully saturated rings. The molecule has 6 heteroatoms. The van der Waals surface area contributed by atoms with Crippen LogP contribution in [0.5, 0.6) is 0 Å². The monoisotopic (exact) mass is 343 g/mol. The van der Waals surface area contributed by atoms with E-state index in [1.54, 1.807) is 24.7 Å². The summed E-state index contributed by atoms with van der Waals surface area (Å²) in [5.41, 5.74) is 0.681. The number of amides is 1. The first-order valence-electron chi connectivity index (χ1n) is 8.37. The lowest BCUT2D eigenvalue weighted by Crippen LogP contribution is -2.27. The smallest absolute Gasteiger partial charge is 0.251 e. The average Bonchev–Trinajstić information content (AvgIpc) is 3.16. The number of nitrogens with zero attached hydrogens (tertiary/aromatic N) is 4. The summed E-state index contributed by atoms with van der Waals surface area (Å²) in [5, 5.41) is 4.99. The minimum Gasteiger partial charge on any atom is -0.350 e. The van der Waals surface area contributed by atoms with Crippen molar-refractivity contribution in [1.82, 2.24) is 24.8 Å². The summed E-state index contributed by atoms with van der Waals surface area (Å²) in [7, 11) is 0. The van der Waals surface area contributed by atoms with Crippen LogP contribution in [0, 0.1) is 0 Å². The summed E-state index contributed by atoms with van der Waals surface area (Å²) in [4.78, 5) is 25.3. The van der Waals surface area contributed by atoms with Gasteiger partial charge in [0, 0.05) is 43.4 Å². The number of carbonyl (C=O) groups excluding carboxylic acids is 1. The fourth-order valence-corrected chi connectivity index (χ4v) is 2.92. The minimum absolute atomic E-state index is 0.0839. The van der Waals surface area contributed by atoms with Crippen LogP contribution in [0.2, 0.25) is 0 Å². The first kappa shape index (κ1) is 16.0. The highest BCUT2D eigenvalue weighted by molar-refractivity contribution is 6.06. The van der Waals surface area contributed by atoms with E-state index in [-0.39, 0.29) is 5.91 Å². The first-order valence-corrected chi connectivity index (χ1v) is 8.37. The predicted octanol–water partition coefficient (Wildman–Crippen LogP) is 2.92. The number of aromatic nitrogens is 4. The molecule has 0 unspecified atom stereocenters. The van der Waals surface area contributed by atoms with Gasteiger partial charge < -0.3 is 9.88 Å². The van der Waals surface area contributed by atoms with Gasteiger partial charge in [-0.05, 0) is 22.9 Å². The lowest BCUT2D eigenvalue weighted by atomic mass is 10.0. The summed E-state index contributed by atoms with van der Waals surface area (Å²) >= 11 is 0. The van der Waals surface area contributed by atoms with E-state index in [0.717, 1.165) is 10.8 Å². The van der Waals surface area contributed by atoms with E-state index in [9.17, 15) is 4.79 Å². The molecule has 0 atom stereocenters. The van der Waals surface area contributed by atoms with E-state index in [1.165, 1.54) is 0 Å². The van der Waals surface area contributed by atoms with Gasteiger partial charge >= 0.3 is 0 Å². The number of fused-ring (bicyclic) bond motifs is 1. The van der Waals surface area contributed by atoms with E-state index in [1.807, 2.05) is 53.2 Å². The zero-order valence-electron chi connectivity index (χ0n) is 14.0. The summed E-state index contributed by atoms with van der Waals surface area (Å²) in [5.74, 6) is 1.17. The van der Waals surface area contributed by atoms with Gasteiger partial charge in [-0.25, -0.2) is 15.0 Å². The largest absolute Gasteiger partial charge is 0.350 e. The van der Waals surface area contributed by atoms with Crippen LogP contribution in [-0.2, 0) is 6.54 Å². The highest BCUT2D eigenvalue weighted by Gasteiger charge is 2.11. The molecule has 1 N–H and O–H groups in total. The third-order valence-electron chi connectivity index (χ3n) is 4.15. The van der Waals surface area contributed by atoms with Gasteiger partial charge in [-0.2, -0.15) is 0 Å². The van der Waals surface area contributed by atoms with Crippen molar-refractivity contribution in [3.05, 3.63) is 78.9 Å². The van der Waals surface area contributed by atoms with Crippen molar-refractivity contribution in [3.8, 4) is 11.6 Å². The van der Waals surface area contributed by atoms with E-state index in [2.05, 4.69) is 20.3 Å². The Morgan fingerprint density at radius 2 is 1.73 bits per heavy atom. The predicted molar refractivity (Wildman–Crippen MR) is 99.5 cm³/mol. The minimum atomic E-state index is -0.0839. The molecule has 6 nitrogen and oxygen atoms in total. The Hall–Kier alpha value is -3.54. The molecule has 0 aliphatic rings. The van der Waals surface area contributed by atoms with Gasteiger partial charge in [0.25, 0.3) is 5.91 Å². The molecule has 2 heterocycles. The second-order valence-electron chi connectivity index (χ2n) is 5.80. The van der Waals surface area contributed by atoms with Gasteiger partial charge in [-0.1, -0.05) is 36.4 Å². The summed E-state index contributed by atoms with van der Waals surface area (Å²) in [6, 6.07) is 15.4. The number of hydrogen-bond acceptors (Lipinski definition) is 4. The molecule has 26 heavy (non-hydrogen) atoms. The Balaban J connectivity index is 1.46. The van der Waals surface area contributed by atoms with Crippen LogP contribution in [0.4, 0.5) is 0 Å². The molecule has 0 saturated heterocycles. The molecule has 4 rings (SSSR count). The fraction of sp³-hybridized carbons (Fsp3) is 0.100. The fourth-order valence-electron chi connectivity index (χ4n) is 2.92. The molecular formula is C20H17N5O. The van der Waals surface area contributed by atoms with Crippen LogP contribution in [-0.4, -0.2) is 32.0 Å². The Labute approximate surface area is 150 Å². The van der Waals surface area contributed by atoms with Crippen LogP contribution in [0.3, 0.4) is 0 Å². The second kappa shape index (κ2) is 7.14. The average molecular weight is 343 g/mol. The standard InChI is InChI=1S/C20H17N5O/c26-20(17-8-3-6-15-5-1-2-7-16(15)17)24-12-14-25-13-11-23-19(25)18-21-9-4-10-22-18/h1-11,13H,12,14H2,(H,24,26). The Morgan fingerprint density at radius 1 is 0.923 bits per heavy atom. The second-order valence-corrected chi connectivity index (χ2v) is 5.80. The molecule has 0 aliphatic carbocycles. The van der Waals surface area contributed by atoms with E-state index < -0.39 is 0 Å². The van der Waals surface area contributed by atoms with Gasteiger partial charge in [0.2, 0.25) is 0 Å². The Kier molecular flexibility index (Phi) is 4.38. The highest BCUT2D eigenvalue weighted by atomic mass is 16.1. The van der Waals surface area contributed by atoms with Gasteiger partial charge in [-0.15, -0.1) is 0 Å². The molecule has 1 amide bonds. The zero-order valence-corrected chi connectivity index (χ0v) is 14.0. The summed E-state index contributed by atoms with van der Waals surface area (Å²) in [6.07, 6.45) is 6.93. The molecule has 0 aliphatic heterocycles. The van der Waals surface area contributed by atoms with Crippen molar-refractivity contribution >= 4 is 16.7 Å². The SMILES string of the molecule is O=C(NCCn1ccnc1-c1ncccn1)c1cccc2ccccc12. The van der Waals surface area contributed by atoms with Crippen LogP contribution in [0.25, 0.3) is 22.4 Å². The van der Waals surface area contributed by atoms with E-state index in [4.69, 9.17) is 0 Å². The van der Waals surface area contributed by atoms with Gasteiger partial charge in [0.15, 0.2) is 11.6 Å². The summed E-state index contributed by atoms with van der Waals surface area (Å²) in [6.45, 7) is 1.07. The number of nitrogens with one attached hydrogen (secondary N) is 1. The molecular weight excluding hydrogens is 326 g/mol. The van der Waals surface area contributed by atoms with Gasteiger partial charge in [0.05, 0.1) is 0 Å². The lowest BCUT2D eigenvalue weighted by Gasteiger charge is -2.10. The number of benzene rings is 2. The maximum Gasteiger partial charge on any atom is 0.251 e. The van der Waals surface area contributed by atoms with Crippen LogP contribution >= 0.6 is 0 Å². The molecule has 2 aromatic carbocycles. The Bertz CT molecular complexity index is 1040. The first-order chi connectivity index (χ1) is 12.8. The maximum atomic E-state index is 12.6. The molecule has 0 spiro atoms. The van der Waals surface area contributed by atoms with Gasteiger partial charge in [-0.3, -0.25) is 4.79 Å². The molecule has 0 radical (unpaired) electrons. The molecule has 0 bridgehead atoms. The van der Waals surface area contributed by atoms with Crippen molar-refractivity contribution in [2.45, 2.75) is 6.54 Å².